The molecule has 2 aromatic carbocycles. The van der Waals surface area contributed by atoms with Gasteiger partial charge in [0.1, 0.15) is 5.82 Å². The first-order chi connectivity index (χ1) is 9.90. The first-order valence-electron chi connectivity index (χ1n) is 5.73. The van der Waals surface area contributed by atoms with E-state index in [0.717, 1.165) is 12.1 Å². The Hall–Kier alpha value is -2.15. The molecule has 0 saturated heterocycles. The van der Waals surface area contributed by atoms with Crippen molar-refractivity contribution >= 4 is 33.4 Å². The normalized spacial score (nSPS) is 13.8. The van der Waals surface area contributed by atoms with Gasteiger partial charge in [-0.25, -0.2) is 18.1 Å². The molecule has 0 fully saturated rings. The van der Waals surface area contributed by atoms with Crippen molar-refractivity contribution in [1.82, 2.24) is 0 Å². The molecular formula is C14H5BrF3NO2. The Morgan fingerprint density at radius 3 is 1.90 bits per heavy atom. The van der Waals surface area contributed by atoms with Gasteiger partial charge >= 0.3 is 0 Å². The molecule has 0 saturated carbocycles. The molecule has 7 heteroatoms. The minimum absolute atomic E-state index is 0.0259. The number of imide groups is 1. The first kappa shape index (κ1) is 13.8. The Balaban J connectivity index is 2.18. The molecule has 1 aliphatic rings. The van der Waals surface area contributed by atoms with E-state index < -0.39 is 29.3 Å². The maximum Gasteiger partial charge on any atom is 0.266 e. The van der Waals surface area contributed by atoms with E-state index >= 15 is 0 Å². The average Bonchev–Trinajstić information content (AvgIpc) is 2.66. The zero-order valence-electron chi connectivity index (χ0n) is 10.2. The van der Waals surface area contributed by atoms with Crippen LogP contribution in [0.3, 0.4) is 0 Å². The lowest BCUT2D eigenvalue weighted by Crippen LogP contribution is -2.29. The number of carbonyl (C=O) groups excluding carboxylic acids is 2. The van der Waals surface area contributed by atoms with Crippen LogP contribution in [0.4, 0.5) is 18.9 Å². The Morgan fingerprint density at radius 1 is 0.857 bits per heavy atom. The molecular weight excluding hydrogens is 351 g/mol. The quantitative estimate of drug-likeness (QED) is 0.732. The second-order valence-corrected chi connectivity index (χ2v) is 5.21. The molecule has 1 aliphatic heterocycles. The molecule has 0 bridgehead atoms. The van der Waals surface area contributed by atoms with Crippen LogP contribution in [0.1, 0.15) is 20.7 Å². The monoisotopic (exact) mass is 355 g/mol. The number of nitrogens with zero attached hydrogens (tertiary/aromatic N) is 1. The highest BCUT2D eigenvalue weighted by molar-refractivity contribution is 9.10. The van der Waals surface area contributed by atoms with Crippen molar-refractivity contribution in [3.63, 3.8) is 0 Å². The average molecular weight is 356 g/mol. The van der Waals surface area contributed by atoms with Crippen LogP contribution in [0.25, 0.3) is 0 Å². The summed E-state index contributed by atoms with van der Waals surface area (Å²) in [5, 5.41) is 0. The van der Waals surface area contributed by atoms with Crippen molar-refractivity contribution in [1.29, 1.82) is 0 Å². The second-order valence-electron chi connectivity index (χ2n) is 4.35. The zero-order chi connectivity index (χ0) is 15.3. The smallest absolute Gasteiger partial charge is 0.266 e. The molecule has 0 radical (unpaired) electrons. The third-order valence-electron chi connectivity index (χ3n) is 3.08. The summed E-state index contributed by atoms with van der Waals surface area (Å²) in [6, 6.07) is 4.79. The van der Waals surface area contributed by atoms with Gasteiger partial charge in [0.05, 0.1) is 16.8 Å². The molecule has 1 heterocycles. The second kappa shape index (κ2) is 4.70. The van der Waals surface area contributed by atoms with Gasteiger partial charge in [0.2, 0.25) is 0 Å². The van der Waals surface area contributed by atoms with Crippen LogP contribution in [0.2, 0.25) is 0 Å². The van der Waals surface area contributed by atoms with Crippen LogP contribution in [0.5, 0.6) is 0 Å². The number of rotatable bonds is 1. The number of hydrogen-bond donors (Lipinski definition) is 0. The fourth-order valence-electron chi connectivity index (χ4n) is 2.11. The fraction of sp³-hybridized carbons (Fsp3) is 0. The number of hydrogen-bond acceptors (Lipinski definition) is 2. The van der Waals surface area contributed by atoms with Crippen molar-refractivity contribution < 1.29 is 22.8 Å². The van der Waals surface area contributed by atoms with Gasteiger partial charge in [-0.1, -0.05) is 0 Å². The Bertz CT molecular complexity index is 766. The molecule has 2 aromatic rings. The molecule has 3 rings (SSSR count). The van der Waals surface area contributed by atoms with Crippen LogP contribution < -0.4 is 4.90 Å². The molecule has 0 spiro atoms. The molecule has 0 aliphatic carbocycles. The topological polar surface area (TPSA) is 37.4 Å². The third-order valence-corrected chi connectivity index (χ3v) is 3.75. The lowest BCUT2D eigenvalue weighted by Gasteiger charge is -2.15. The summed E-state index contributed by atoms with van der Waals surface area (Å²) in [7, 11) is 0. The lowest BCUT2D eigenvalue weighted by molar-refractivity contribution is 0.0926. The number of carbonyl (C=O) groups is 2. The molecule has 0 unspecified atom stereocenters. The summed E-state index contributed by atoms with van der Waals surface area (Å²) in [5.41, 5.74) is -0.535. The highest BCUT2D eigenvalue weighted by Crippen LogP contribution is 2.34. The van der Waals surface area contributed by atoms with E-state index in [1.807, 2.05) is 0 Å². The number of halogens is 4. The van der Waals surface area contributed by atoms with E-state index in [1.54, 1.807) is 0 Å². The summed E-state index contributed by atoms with van der Waals surface area (Å²) in [4.78, 5) is 25.1. The first-order valence-corrected chi connectivity index (χ1v) is 6.52. The van der Waals surface area contributed by atoms with E-state index in [2.05, 4.69) is 15.9 Å². The predicted octanol–water partition coefficient (Wildman–Crippen LogP) is 3.67. The van der Waals surface area contributed by atoms with Crippen molar-refractivity contribution in [2.45, 2.75) is 0 Å². The Kier molecular flexibility index (Phi) is 3.09. The summed E-state index contributed by atoms with van der Waals surface area (Å²) in [5.74, 6) is -4.77. The van der Waals surface area contributed by atoms with Crippen molar-refractivity contribution in [3.8, 4) is 0 Å². The fourth-order valence-corrected chi connectivity index (χ4v) is 2.53. The highest BCUT2D eigenvalue weighted by atomic mass is 79.9. The zero-order valence-corrected chi connectivity index (χ0v) is 11.7. The Labute approximate surface area is 125 Å². The molecule has 0 aromatic heterocycles. The molecule has 0 N–H and O–H groups in total. The summed E-state index contributed by atoms with van der Waals surface area (Å²) in [6.45, 7) is 0. The number of amides is 2. The van der Waals surface area contributed by atoms with E-state index in [9.17, 15) is 22.8 Å². The molecule has 0 atom stereocenters. The number of anilines is 1. The SMILES string of the molecule is O=C1c2cc(F)c(F)cc2C(=O)N1c1cc(F)ccc1Br. The van der Waals surface area contributed by atoms with Crippen molar-refractivity contribution in [2.24, 2.45) is 0 Å². The van der Waals surface area contributed by atoms with E-state index in [1.165, 1.54) is 6.07 Å². The molecule has 2 amide bonds. The van der Waals surface area contributed by atoms with Crippen LogP contribution in [-0.2, 0) is 0 Å². The highest BCUT2D eigenvalue weighted by Gasteiger charge is 2.38. The van der Waals surface area contributed by atoms with Crippen LogP contribution in [-0.4, -0.2) is 11.8 Å². The molecule has 106 valence electrons. The minimum atomic E-state index is -1.23. The van der Waals surface area contributed by atoms with Crippen LogP contribution >= 0.6 is 15.9 Å². The van der Waals surface area contributed by atoms with Crippen molar-refractivity contribution in [3.05, 3.63) is 63.4 Å². The number of fused-ring (bicyclic) bond motifs is 1. The van der Waals surface area contributed by atoms with Crippen LogP contribution in [0, 0.1) is 17.5 Å². The molecule has 3 nitrogen and oxygen atoms in total. The van der Waals surface area contributed by atoms with E-state index in [4.69, 9.17) is 0 Å². The van der Waals surface area contributed by atoms with Gasteiger partial charge < -0.3 is 0 Å². The Morgan fingerprint density at radius 2 is 1.38 bits per heavy atom. The van der Waals surface area contributed by atoms with Gasteiger partial charge in [-0.05, 0) is 46.3 Å². The number of benzene rings is 2. The van der Waals surface area contributed by atoms with Gasteiger partial charge in [0.25, 0.3) is 11.8 Å². The summed E-state index contributed by atoms with van der Waals surface area (Å²) < 4.78 is 40.1. The maximum atomic E-state index is 13.3. The summed E-state index contributed by atoms with van der Waals surface area (Å²) in [6.07, 6.45) is 0. The van der Waals surface area contributed by atoms with Crippen LogP contribution in [0.15, 0.2) is 34.8 Å². The van der Waals surface area contributed by atoms with Gasteiger partial charge in [0, 0.05) is 4.47 Å². The van der Waals surface area contributed by atoms with Crippen molar-refractivity contribution in [2.75, 3.05) is 4.90 Å². The van der Waals surface area contributed by atoms with Gasteiger partial charge in [0.15, 0.2) is 11.6 Å². The van der Waals surface area contributed by atoms with Gasteiger partial charge in [-0.3, -0.25) is 9.59 Å². The summed E-state index contributed by atoms with van der Waals surface area (Å²) >= 11 is 3.11. The maximum absolute atomic E-state index is 13.3. The minimum Gasteiger partial charge on any atom is -0.268 e. The van der Waals surface area contributed by atoms with Gasteiger partial charge in [-0.15, -0.1) is 0 Å². The van der Waals surface area contributed by atoms with Gasteiger partial charge in [-0.2, -0.15) is 0 Å². The van der Waals surface area contributed by atoms with E-state index in [0.29, 0.717) is 21.5 Å². The van der Waals surface area contributed by atoms with E-state index in [-0.39, 0.29) is 16.8 Å². The standard InChI is InChI=1S/C14H5BrF3NO2/c15-9-2-1-6(16)3-12(9)19-13(20)7-4-10(17)11(18)5-8(7)14(19)21/h1-5H. The lowest BCUT2D eigenvalue weighted by atomic mass is 10.1. The third kappa shape index (κ3) is 2.04. The largest absolute Gasteiger partial charge is 0.268 e. The predicted molar refractivity (Wildman–Crippen MR) is 71.6 cm³/mol. The molecule has 21 heavy (non-hydrogen) atoms.